The first-order valence-corrected chi connectivity index (χ1v) is 10.4. The molecule has 29 heavy (non-hydrogen) atoms. The molecule has 0 unspecified atom stereocenters. The van der Waals surface area contributed by atoms with Crippen LogP contribution >= 0.6 is 47.2 Å². The summed E-state index contributed by atoms with van der Waals surface area (Å²) in [5.74, 6) is 1.68. The van der Waals surface area contributed by atoms with Gasteiger partial charge in [0.25, 0.3) is 5.91 Å². The highest BCUT2D eigenvalue weighted by molar-refractivity contribution is 8.27. The fourth-order valence-corrected chi connectivity index (χ4v) is 4.36. The fourth-order valence-electron chi connectivity index (χ4n) is 2.79. The Balaban J connectivity index is 1.58. The molecular weight excluding hydrogens is 449 g/mol. The molecule has 1 aliphatic heterocycles. The second-order valence-corrected chi connectivity index (χ2v) is 8.54. The number of benzene rings is 2. The minimum absolute atomic E-state index is 0.197. The molecule has 3 aromatic rings. The number of methoxy groups -OCH3 is 1. The Hall–Kier alpha value is -2.25. The van der Waals surface area contributed by atoms with E-state index in [2.05, 4.69) is 0 Å². The molecule has 4 nitrogen and oxygen atoms in total. The second kappa shape index (κ2) is 8.24. The highest BCUT2D eigenvalue weighted by atomic mass is 35.5. The van der Waals surface area contributed by atoms with Crippen molar-refractivity contribution in [3.8, 4) is 17.1 Å². The van der Waals surface area contributed by atoms with Gasteiger partial charge in [-0.25, -0.2) is 0 Å². The summed E-state index contributed by atoms with van der Waals surface area (Å²) in [7, 11) is 1.59. The number of anilines is 1. The number of hydrogen-bond donors (Lipinski definition) is 0. The lowest BCUT2D eigenvalue weighted by Gasteiger charge is -2.14. The third-order valence-corrected chi connectivity index (χ3v) is 6.27. The van der Waals surface area contributed by atoms with Gasteiger partial charge < -0.3 is 9.15 Å². The number of ether oxygens (including phenoxy) is 1. The van der Waals surface area contributed by atoms with Gasteiger partial charge in [0.1, 0.15) is 17.3 Å². The average Bonchev–Trinajstić information content (AvgIpc) is 3.29. The van der Waals surface area contributed by atoms with Crippen LogP contribution in [-0.4, -0.2) is 17.3 Å². The summed E-state index contributed by atoms with van der Waals surface area (Å²) < 4.78 is 11.5. The Bertz CT molecular complexity index is 1140. The SMILES string of the molecule is COc1ccc(N2C(=O)C(=Cc3ccc(-c4ccc(Cl)c(Cl)c4)o3)SC2=S)cc1. The Labute approximate surface area is 187 Å². The maximum absolute atomic E-state index is 12.9. The normalized spacial score (nSPS) is 15.4. The van der Waals surface area contributed by atoms with E-state index in [0.29, 0.717) is 42.2 Å². The lowest BCUT2D eigenvalue weighted by molar-refractivity contribution is -0.113. The molecule has 8 heteroatoms. The largest absolute Gasteiger partial charge is 0.497 e. The van der Waals surface area contributed by atoms with Crippen LogP contribution in [0.2, 0.25) is 10.0 Å². The highest BCUT2D eigenvalue weighted by Gasteiger charge is 2.33. The number of halogens is 2. The van der Waals surface area contributed by atoms with E-state index in [1.165, 1.54) is 16.7 Å². The molecule has 2 heterocycles. The van der Waals surface area contributed by atoms with Crippen molar-refractivity contribution in [2.24, 2.45) is 0 Å². The van der Waals surface area contributed by atoms with Gasteiger partial charge in [0, 0.05) is 11.6 Å². The van der Waals surface area contributed by atoms with Crippen molar-refractivity contribution in [2.45, 2.75) is 0 Å². The van der Waals surface area contributed by atoms with Gasteiger partial charge in [-0.2, -0.15) is 0 Å². The average molecular weight is 462 g/mol. The molecule has 0 atom stereocenters. The minimum Gasteiger partial charge on any atom is -0.497 e. The number of furan rings is 1. The Morgan fingerprint density at radius 1 is 1.07 bits per heavy atom. The van der Waals surface area contributed by atoms with Crippen LogP contribution in [-0.2, 0) is 4.79 Å². The fraction of sp³-hybridized carbons (Fsp3) is 0.0476. The van der Waals surface area contributed by atoms with Crippen molar-refractivity contribution >= 4 is 69.2 Å². The predicted octanol–water partition coefficient (Wildman–Crippen LogP) is 6.67. The van der Waals surface area contributed by atoms with Gasteiger partial charge in [-0.3, -0.25) is 9.69 Å². The lowest BCUT2D eigenvalue weighted by atomic mass is 10.2. The first kappa shape index (κ1) is 20.0. The summed E-state index contributed by atoms with van der Waals surface area (Å²) in [5, 5.41) is 0.923. The van der Waals surface area contributed by atoms with Crippen LogP contribution in [0.15, 0.2) is 63.9 Å². The van der Waals surface area contributed by atoms with Crippen molar-refractivity contribution in [1.82, 2.24) is 0 Å². The summed E-state index contributed by atoms with van der Waals surface area (Å²) in [5.41, 5.74) is 1.48. The molecule has 0 radical (unpaired) electrons. The Morgan fingerprint density at radius 3 is 2.52 bits per heavy atom. The summed E-state index contributed by atoms with van der Waals surface area (Å²) >= 11 is 18.7. The molecule has 0 aliphatic carbocycles. The monoisotopic (exact) mass is 461 g/mol. The van der Waals surface area contributed by atoms with Crippen LogP contribution in [0, 0.1) is 0 Å². The smallest absolute Gasteiger partial charge is 0.270 e. The van der Waals surface area contributed by atoms with E-state index in [4.69, 9.17) is 44.6 Å². The zero-order chi connectivity index (χ0) is 20.5. The topological polar surface area (TPSA) is 42.7 Å². The summed E-state index contributed by atoms with van der Waals surface area (Å²) in [6.07, 6.45) is 1.68. The summed E-state index contributed by atoms with van der Waals surface area (Å²) in [6.45, 7) is 0. The van der Waals surface area contributed by atoms with E-state index in [1.54, 1.807) is 55.7 Å². The van der Waals surface area contributed by atoms with Crippen LogP contribution in [0.3, 0.4) is 0 Å². The molecule has 1 fully saturated rings. The lowest BCUT2D eigenvalue weighted by Crippen LogP contribution is -2.27. The van der Waals surface area contributed by atoms with Gasteiger partial charge in [0.2, 0.25) is 0 Å². The number of carbonyl (C=O) groups excluding carboxylic acids is 1. The first-order valence-electron chi connectivity index (χ1n) is 8.43. The molecule has 0 N–H and O–H groups in total. The Morgan fingerprint density at radius 2 is 1.83 bits per heavy atom. The number of hydrogen-bond acceptors (Lipinski definition) is 5. The zero-order valence-electron chi connectivity index (χ0n) is 15.0. The van der Waals surface area contributed by atoms with Crippen LogP contribution in [0.1, 0.15) is 5.76 Å². The Kier molecular flexibility index (Phi) is 5.69. The summed E-state index contributed by atoms with van der Waals surface area (Å²) in [6, 6.07) is 16.0. The number of thioether (sulfide) groups is 1. The number of rotatable bonds is 4. The maximum Gasteiger partial charge on any atom is 0.270 e. The molecule has 1 amide bonds. The third-order valence-electron chi connectivity index (χ3n) is 4.23. The second-order valence-electron chi connectivity index (χ2n) is 6.05. The van der Waals surface area contributed by atoms with Crippen LogP contribution in [0.4, 0.5) is 5.69 Å². The van der Waals surface area contributed by atoms with Gasteiger partial charge in [-0.05, 0) is 54.6 Å². The molecule has 0 bridgehead atoms. The van der Waals surface area contributed by atoms with E-state index in [-0.39, 0.29) is 5.91 Å². The van der Waals surface area contributed by atoms with Crippen LogP contribution < -0.4 is 9.64 Å². The number of thiocarbonyl (C=S) groups is 1. The van der Waals surface area contributed by atoms with E-state index < -0.39 is 0 Å². The van der Waals surface area contributed by atoms with E-state index in [1.807, 2.05) is 12.1 Å². The number of nitrogens with zero attached hydrogens (tertiary/aromatic N) is 1. The number of carbonyl (C=O) groups is 1. The van der Waals surface area contributed by atoms with Gasteiger partial charge in [0.05, 0.1) is 27.7 Å². The molecule has 146 valence electrons. The van der Waals surface area contributed by atoms with E-state index in [0.717, 1.165) is 5.56 Å². The maximum atomic E-state index is 12.9. The van der Waals surface area contributed by atoms with Crippen molar-refractivity contribution in [3.63, 3.8) is 0 Å². The highest BCUT2D eigenvalue weighted by Crippen LogP contribution is 2.37. The van der Waals surface area contributed by atoms with Gasteiger partial charge >= 0.3 is 0 Å². The predicted molar refractivity (Wildman–Crippen MR) is 123 cm³/mol. The van der Waals surface area contributed by atoms with Crippen molar-refractivity contribution in [2.75, 3.05) is 12.0 Å². The molecule has 2 aromatic carbocycles. The standard InChI is InChI=1S/C21H13Cl2NO3S2/c1-26-14-5-3-13(4-6-14)24-20(25)19(29-21(24)28)11-15-7-9-18(27-15)12-2-8-16(22)17(23)10-12/h2-11H,1H3. The van der Waals surface area contributed by atoms with E-state index in [9.17, 15) is 4.79 Å². The molecule has 0 spiro atoms. The zero-order valence-corrected chi connectivity index (χ0v) is 18.2. The van der Waals surface area contributed by atoms with Crippen molar-refractivity contribution in [1.29, 1.82) is 0 Å². The third kappa shape index (κ3) is 4.07. The van der Waals surface area contributed by atoms with Crippen molar-refractivity contribution < 1.29 is 13.9 Å². The van der Waals surface area contributed by atoms with Gasteiger partial charge in [-0.1, -0.05) is 47.2 Å². The number of amides is 1. The van der Waals surface area contributed by atoms with Crippen LogP contribution in [0.5, 0.6) is 5.75 Å². The first-order chi connectivity index (χ1) is 14.0. The van der Waals surface area contributed by atoms with E-state index >= 15 is 0 Å². The van der Waals surface area contributed by atoms with Gasteiger partial charge in [-0.15, -0.1) is 0 Å². The minimum atomic E-state index is -0.197. The molecular formula is C21H13Cl2NO3S2. The summed E-state index contributed by atoms with van der Waals surface area (Å²) in [4.78, 5) is 14.9. The molecule has 0 saturated carbocycles. The van der Waals surface area contributed by atoms with Crippen molar-refractivity contribution in [3.05, 3.63) is 75.3 Å². The molecule has 1 aromatic heterocycles. The molecule has 4 rings (SSSR count). The quantitative estimate of drug-likeness (QED) is 0.320. The van der Waals surface area contributed by atoms with Gasteiger partial charge in [0.15, 0.2) is 4.32 Å². The molecule has 1 aliphatic rings. The molecule has 1 saturated heterocycles. The van der Waals surface area contributed by atoms with Crippen LogP contribution in [0.25, 0.3) is 17.4 Å².